The minimum Gasteiger partial charge on any atom is -0.366 e. The fourth-order valence-corrected chi connectivity index (χ4v) is 2.84. The molecular weight excluding hydrogens is 274 g/mol. The van der Waals surface area contributed by atoms with Gasteiger partial charge in [0, 0.05) is 0 Å². The van der Waals surface area contributed by atoms with Crippen molar-refractivity contribution in [3.63, 3.8) is 0 Å². The number of rotatable bonds is 3. The van der Waals surface area contributed by atoms with Crippen molar-refractivity contribution in [3.8, 4) is 0 Å². The number of carbonyl (C=O) groups is 2. The highest BCUT2D eigenvalue weighted by atomic mass is 32.1. The monoisotopic (exact) mass is 289 g/mol. The minimum absolute atomic E-state index is 0.277. The zero-order valence-electron chi connectivity index (χ0n) is 11.5. The van der Waals surface area contributed by atoms with Crippen molar-refractivity contribution < 1.29 is 9.59 Å². The smallest absolute Gasteiger partial charge is 0.267 e. The first-order valence-corrected chi connectivity index (χ1v) is 6.86. The van der Waals surface area contributed by atoms with Crippen molar-refractivity contribution in [3.05, 3.63) is 44.9 Å². The van der Waals surface area contributed by atoms with Gasteiger partial charge < -0.3 is 11.1 Å². The first-order valence-electron chi connectivity index (χ1n) is 6.05. The zero-order chi connectivity index (χ0) is 14.9. The number of aromatic nitrogens is 1. The highest BCUT2D eigenvalue weighted by molar-refractivity contribution is 7.13. The van der Waals surface area contributed by atoms with Gasteiger partial charge >= 0.3 is 0 Å². The van der Waals surface area contributed by atoms with Crippen LogP contribution in [-0.4, -0.2) is 16.8 Å². The van der Waals surface area contributed by atoms with Gasteiger partial charge in [0.1, 0.15) is 4.88 Å². The van der Waals surface area contributed by atoms with E-state index in [4.69, 9.17) is 5.73 Å². The third kappa shape index (κ3) is 2.70. The maximum atomic E-state index is 12.2. The van der Waals surface area contributed by atoms with Gasteiger partial charge in [0.2, 0.25) is 0 Å². The van der Waals surface area contributed by atoms with Crippen molar-refractivity contribution in [1.82, 2.24) is 4.98 Å². The van der Waals surface area contributed by atoms with Gasteiger partial charge in [0.15, 0.2) is 0 Å². The Morgan fingerprint density at radius 1 is 1.25 bits per heavy atom. The largest absolute Gasteiger partial charge is 0.366 e. The summed E-state index contributed by atoms with van der Waals surface area (Å²) >= 11 is 1.32. The Kier molecular flexibility index (Phi) is 3.85. The van der Waals surface area contributed by atoms with Gasteiger partial charge in [-0.1, -0.05) is 12.1 Å². The second-order valence-electron chi connectivity index (χ2n) is 4.46. The lowest BCUT2D eigenvalue weighted by molar-refractivity contribution is 0.100. The van der Waals surface area contributed by atoms with E-state index in [9.17, 15) is 9.59 Å². The van der Waals surface area contributed by atoms with Crippen LogP contribution in [0, 0.1) is 20.8 Å². The van der Waals surface area contributed by atoms with Gasteiger partial charge in [-0.3, -0.25) is 9.59 Å². The number of nitrogens with two attached hydrogens (primary N) is 1. The Morgan fingerprint density at radius 2 is 1.95 bits per heavy atom. The van der Waals surface area contributed by atoms with Crippen molar-refractivity contribution in [1.29, 1.82) is 0 Å². The number of thiazole rings is 1. The maximum Gasteiger partial charge on any atom is 0.267 e. The van der Waals surface area contributed by atoms with E-state index >= 15 is 0 Å². The van der Waals surface area contributed by atoms with E-state index in [-0.39, 0.29) is 5.91 Å². The van der Waals surface area contributed by atoms with Gasteiger partial charge in [0.25, 0.3) is 11.8 Å². The van der Waals surface area contributed by atoms with Crippen LogP contribution in [0.4, 0.5) is 5.69 Å². The molecule has 0 atom stereocenters. The summed E-state index contributed by atoms with van der Waals surface area (Å²) in [6.45, 7) is 5.40. The molecule has 1 heterocycles. The molecule has 0 bridgehead atoms. The third-order valence-electron chi connectivity index (χ3n) is 2.88. The molecule has 2 rings (SSSR count). The summed E-state index contributed by atoms with van der Waals surface area (Å²) < 4.78 is 0. The van der Waals surface area contributed by atoms with Crippen LogP contribution in [0.25, 0.3) is 0 Å². The molecule has 5 nitrogen and oxygen atoms in total. The minimum atomic E-state index is -0.560. The Hall–Kier alpha value is -2.21. The molecule has 0 unspecified atom stereocenters. The van der Waals surface area contributed by atoms with Gasteiger partial charge in [-0.25, -0.2) is 4.98 Å². The number of primary amides is 1. The summed E-state index contributed by atoms with van der Waals surface area (Å²) in [5.41, 5.74) is 7.53. The number of anilines is 1. The molecule has 3 N–H and O–H groups in total. The molecule has 2 amide bonds. The number of amides is 2. The van der Waals surface area contributed by atoms with Crippen LogP contribution >= 0.6 is 11.3 Å². The number of nitrogens with zero attached hydrogens (tertiary/aromatic N) is 1. The Balaban J connectivity index is 2.36. The number of hydrogen-bond donors (Lipinski definition) is 2. The summed E-state index contributed by atoms with van der Waals surface area (Å²) in [6.07, 6.45) is 0. The molecule has 0 saturated carbocycles. The predicted octanol–water partition coefficient (Wildman–Crippen LogP) is 2.42. The van der Waals surface area contributed by atoms with Crippen LogP contribution < -0.4 is 11.1 Å². The van der Waals surface area contributed by atoms with Crippen LogP contribution in [0.5, 0.6) is 0 Å². The second kappa shape index (κ2) is 5.42. The fraction of sp³-hybridized carbons (Fsp3) is 0.214. The molecule has 1 aromatic carbocycles. The zero-order valence-corrected chi connectivity index (χ0v) is 12.3. The number of hydrogen-bond acceptors (Lipinski definition) is 4. The molecule has 2 aromatic rings. The Labute approximate surface area is 120 Å². The quantitative estimate of drug-likeness (QED) is 0.910. The summed E-state index contributed by atoms with van der Waals surface area (Å²) in [5.74, 6) is -0.836. The number of nitrogens with one attached hydrogen (secondary N) is 1. The Bertz CT molecular complexity index is 692. The van der Waals surface area contributed by atoms with Crippen LogP contribution in [-0.2, 0) is 0 Å². The molecule has 0 saturated heterocycles. The summed E-state index contributed by atoms with van der Waals surface area (Å²) in [6, 6.07) is 5.20. The molecule has 20 heavy (non-hydrogen) atoms. The molecule has 0 fully saturated rings. The van der Waals surface area contributed by atoms with Gasteiger partial charge in [-0.05, 0) is 32.4 Å². The molecule has 0 radical (unpaired) electrons. The van der Waals surface area contributed by atoms with E-state index in [0.29, 0.717) is 21.8 Å². The van der Waals surface area contributed by atoms with Crippen molar-refractivity contribution in [2.24, 2.45) is 5.73 Å². The van der Waals surface area contributed by atoms with Gasteiger partial charge in [0.05, 0.1) is 22.0 Å². The molecule has 0 spiro atoms. The maximum absolute atomic E-state index is 12.2. The molecule has 1 aromatic heterocycles. The lowest BCUT2D eigenvalue weighted by atomic mass is 10.1. The molecular formula is C14H15N3O2S. The predicted molar refractivity (Wildman–Crippen MR) is 79.2 cm³/mol. The average molecular weight is 289 g/mol. The van der Waals surface area contributed by atoms with Crippen molar-refractivity contribution in [2.45, 2.75) is 20.8 Å². The summed E-state index contributed by atoms with van der Waals surface area (Å²) in [7, 11) is 0. The first kappa shape index (κ1) is 14.2. The van der Waals surface area contributed by atoms with E-state index in [1.807, 2.05) is 6.92 Å². The third-order valence-corrected chi connectivity index (χ3v) is 3.95. The molecule has 0 aliphatic rings. The fourth-order valence-electron chi connectivity index (χ4n) is 2.02. The van der Waals surface area contributed by atoms with Crippen LogP contribution in [0.15, 0.2) is 18.2 Å². The van der Waals surface area contributed by atoms with Crippen LogP contribution in [0.2, 0.25) is 0 Å². The van der Waals surface area contributed by atoms with E-state index in [2.05, 4.69) is 10.3 Å². The van der Waals surface area contributed by atoms with Crippen LogP contribution in [0.3, 0.4) is 0 Å². The second-order valence-corrected chi connectivity index (χ2v) is 5.67. The lowest BCUT2D eigenvalue weighted by Crippen LogP contribution is -2.19. The SMILES string of the molecule is Cc1nc(C)c(C(=O)Nc2cccc(C)c2C(N)=O)s1. The van der Waals surface area contributed by atoms with Gasteiger partial charge in [-0.2, -0.15) is 0 Å². The van der Waals surface area contributed by atoms with Crippen molar-refractivity contribution >= 4 is 28.8 Å². The number of benzene rings is 1. The molecule has 104 valence electrons. The van der Waals surface area contributed by atoms with Crippen LogP contribution in [0.1, 0.15) is 36.3 Å². The topological polar surface area (TPSA) is 85.1 Å². The number of aryl methyl sites for hydroxylation is 3. The highest BCUT2D eigenvalue weighted by Crippen LogP contribution is 2.22. The number of carbonyl (C=O) groups excluding carboxylic acids is 2. The highest BCUT2D eigenvalue weighted by Gasteiger charge is 2.17. The summed E-state index contributed by atoms with van der Waals surface area (Å²) in [4.78, 5) is 28.5. The molecule has 0 aliphatic heterocycles. The van der Waals surface area contributed by atoms with Crippen molar-refractivity contribution in [2.75, 3.05) is 5.32 Å². The molecule has 0 aliphatic carbocycles. The average Bonchev–Trinajstić information content (AvgIpc) is 2.68. The van der Waals surface area contributed by atoms with E-state index < -0.39 is 5.91 Å². The van der Waals surface area contributed by atoms with E-state index in [1.54, 1.807) is 32.0 Å². The lowest BCUT2D eigenvalue weighted by Gasteiger charge is -2.10. The standard InChI is InChI=1S/C14H15N3O2S/c1-7-5-4-6-10(11(7)13(15)18)17-14(19)12-8(2)16-9(3)20-12/h4-6H,1-3H3,(H2,15,18)(H,17,19). The normalized spacial score (nSPS) is 10.3. The summed E-state index contributed by atoms with van der Waals surface area (Å²) in [5, 5.41) is 3.56. The van der Waals surface area contributed by atoms with E-state index in [1.165, 1.54) is 11.3 Å². The molecule has 6 heteroatoms. The van der Waals surface area contributed by atoms with Gasteiger partial charge in [-0.15, -0.1) is 11.3 Å². The Morgan fingerprint density at radius 3 is 2.50 bits per heavy atom. The first-order chi connectivity index (χ1) is 9.40. The van der Waals surface area contributed by atoms with E-state index in [0.717, 1.165) is 10.6 Å².